The van der Waals surface area contributed by atoms with Crippen molar-refractivity contribution < 1.29 is 23.5 Å². The molecule has 0 saturated carbocycles. The van der Waals surface area contributed by atoms with Crippen LogP contribution in [0.3, 0.4) is 0 Å². The molecule has 3 aromatic rings. The maximum atomic E-state index is 12.6. The number of amides is 1. The zero-order chi connectivity index (χ0) is 22.9. The smallest absolute Gasteiger partial charge is 0.340 e. The summed E-state index contributed by atoms with van der Waals surface area (Å²) in [7, 11) is 0. The third-order valence-corrected chi connectivity index (χ3v) is 6.01. The van der Waals surface area contributed by atoms with Gasteiger partial charge in [-0.05, 0) is 42.4 Å². The fourth-order valence-electron chi connectivity index (χ4n) is 3.59. The Morgan fingerprint density at radius 2 is 1.90 bits per heavy atom. The van der Waals surface area contributed by atoms with Crippen LogP contribution < -0.4 is 10.9 Å². The SMILES string of the molecule is CSCC[C@H](NC(=O)Cc1c(C)c2cc3c(C(C)(C)C)coc3cc2oc1=O)C(=O)O. The van der Waals surface area contributed by atoms with Crippen LogP contribution in [0.2, 0.25) is 0 Å². The normalized spacial score (nSPS) is 12.9. The molecule has 2 heterocycles. The Hall–Kier alpha value is -2.74. The molecular weight excluding hydrogens is 418 g/mol. The lowest BCUT2D eigenvalue weighted by Crippen LogP contribution is -2.42. The van der Waals surface area contributed by atoms with E-state index in [1.807, 2.05) is 12.3 Å². The van der Waals surface area contributed by atoms with Crippen molar-refractivity contribution in [3.05, 3.63) is 45.5 Å². The number of thioether (sulfide) groups is 1. The molecule has 0 unspecified atom stereocenters. The van der Waals surface area contributed by atoms with Crippen molar-refractivity contribution in [1.29, 1.82) is 0 Å². The highest BCUT2D eigenvalue weighted by Crippen LogP contribution is 2.35. The van der Waals surface area contributed by atoms with E-state index in [0.717, 1.165) is 16.3 Å². The molecule has 1 aromatic carbocycles. The predicted octanol–water partition coefficient (Wildman–Crippen LogP) is 4.01. The molecule has 0 fully saturated rings. The summed E-state index contributed by atoms with van der Waals surface area (Å²) in [6.07, 6.45) is 3.64. The number of aliphatic carboxylic acids is 1. The van der Waals surface area contributed by atoms with Gasteiger partial charge in [-0.1, -0.05) is 20.8 Å². The predicted molar refractivity (Wildman–Crippen MR) is 122 cm³/mol. The highest BCUT2D eigenvalue weighted by atomic mass is 32.2. The molecule has 7 nitrogen and oxygen atoms in total. The van der Waals surface area contributed by atoms with Crippen LogP contribution in [0.25, 0.3) is 21.9 Å². The van der Waals surface area contributed by atoms with Crippen LogP contribution in [0.15, 0.2) is 32.0 Å². The molecule has 31 heavy (non-hydrogen) atoms. The summed E-state index contributed by atoms with van der Waals surface area (Å²) < 4.78 is 11.2. The number of fused-ring (bicyclic) bond motifs is 2. The van der Waals surface area contributed by atoms with Crippen LogP contribution in [-0.2, 0) is 21.4 Å². The highest BCUT2D eigenvalue weighted by Gasteiger charge is 2.24. The van der Waals surface area contributed by atoms with Gasteiger partial charge in [-0.15, -0.1) is 0 Å². The van der Waals surface area contributed by atoms with Gasteiger partial charge in [0, 0.05) is 22.4 Å². The summed E-state index contributed by atoms with van der Waals surface area (Å²) in [5.41, 5.74) is 2.17. The molecule has 1 atom stereocenters. The molecule has 0 aliphatic heterocycles. The second-order valence-corrected chi connectivity index (χ2v) is 9.64. The number of carbonyl (C=O) groups excluding carboxylic acids is 1. The average molecular weight is 446 g/mol. The van der Waals surface area contributed by atoms with Crippen LogP contribution in [0.5, 0.6) is 0 Å². The van der Waals surface area contributed by atoms with Crippen LogP contribution in [0.1, 0.15) is 43.9 Å². The van der Waals surface area contributed by atoms with Crippen molar-refractivity contribution >= 4 is 45.6 Å². The number of carboxylic acid groups (broad SMARTS) is 1. The van der Waals surface area contributed by atoms with E-state index >= 15 is 0 Å². The summed E-state index contributed by atoms with van der Waals surface area (Å²) >= 11 is 1.50. The fourth-order valence-corrected chi connectivity index (χ4v) is 4.07. The van der Waals surface area contributed by atoms with Crippen LogP contribution >= 0.6 is 11.8 Å². The van der Waals surface area contributed by atoms with Gasteiger partial charge in [-0.2, -0.15) is 11.8 Å². The first-order valence-corrected chi connectivity index (χ1v) is 11.4. The fraction of sp³-hybridized carbons (Fsp3) is 0.435. The Kier molecular flexibility index (Phi) is 6.50. The molecule has 3 rings (SSSR count). The highest BCUT2D eigenvalue weighted by molar-refractivity contribution is 7.98. The topological polar surface area (TPSA) is 110 Å². The van der Waals surface area contributed by atoms with Crippen LogP contribution in [0.4, 0.5) is 0 Å². The van der Waals surface area contributed by atoms with Crippen molar-refractivity contribution in [1.82, 2.24) is 5.32 Å². The minimum Gasteiger partial charge on any atom is -0.480 e. The van der Waals surface area contributed by atoms with Gasteiger partial charge in [0.2, 0.25) is 5.91 Å². The summed E-state index contributed by atoms with van der Waals surface area (Å²) in [5, 5.41) is 13.5. The van der Waals surface area contributed by atoms with E-state index in [9.17, 15) is 19.5 Å². The zero-order valence-electron chi connectivity index (χ0n) is 18.3. The van der Waals surface area contributed by atoms with Gasteiger partial charge in [-0.3, -0.25) is 4.79 Å². The third kappa shape index (κ3) is 4.79. The van der Waals surface area contributed by atoms with E-state index in [0.29, 0.717) is 28.9 Å². The molecule has 2 aromatic heterocycles. The molecular formula is C23H27NO6S. The molecule has 0 bridgehead atoms. The van der Waals surface area contributed by atoms with Gasteiger partial charge in [-0.25, -0.2) is 9.59 Å². The van der Waals surface area contributed by atoms with Gasteiger partial charge in [0.05, 0.1) is 18.2 Å². The summed E-state index contributed by atoms with van der Waals surface area (Å²) in [5.74, 6) is -1.02. The molecule has 0 aliphatic rings. The van der Waals surface area contributed by atoms with Crippen molar-refractivity contribution in [3.8, 4) is 0 Å². The van der Waals surface area contributed by atoms with E-state index in [4.69, 9.17) is 8.83 Å². The first kappa shape index (κ1) is 22.9. The van der Waals surface area contributed by atoms with Gasteiger partial charge in [0.15, 0.2) is 0 Å². The number of hydrogen-bond donors (Lipinski definition) is 2. The second-order valence-electron chi connectivity index (χ2n) is 8.65. The number of rotatable bonds is 7. The number of hydrogen-bond acceptors (Lipinski definition) is 6. The maximum absolute atomic E-state index is 12.6. The first-order valence-electron chi connectivity index (χ1n) is 10.0. The number of carboxylic acids is 1. The van der Waals surface area contributed by atoms with Crippen molar-refractivity contribution in [2.75, 3.05) is 12.0 Å². The number of nitrogens with one attached hydrogen (secondary N) is 1. The van der Waals surface area contributed by atoms with E-state index < -0.39 is 23.5 Å². The lowest BCUT2D eigenvalue weighted by molar-refractivity contribution is -0.141. The summed E-state index contributed by atoms with van der Waals surface area (Å²) in [6.45, 7) is 8.04. The molecule has 8 heteroatoms. The van der Waals surface area contributed by atoms with E-state index in [1.165, 1.54) is 11.8 Å². The second kappa shape index (κ2) is 8.78. The standard InChI is InChI=1S/C23H27NO6S/c1-12-13-8-15-16(23(2,3)4)11-29-18(15)10-19(13)30-22(28)14(12)9-20(25)24-17(21(26)27)6-7-31-5/h8,10-11,17H,6-7,9H2,1-5H3,(H,24,25)(H,26,27)/t17-/m0/s1. The van der Waals surface area contributed by atoms with Crippen molar-refractivity contribution in [3.63, 3.8) is 0 Å². The quantitative estimate of drug-likeness (QED) is 0.529. The molecule has 2 N–H and O–H groups in total. The van der Waals surface area contributed by atoms with E-state index in [1.54, 1.807) is 19.3 Å². The third-order valence-electron chi connectivity index (χ3n) is 5.37. The monoisotopic (exact) mass is 445 g/mol. The molecule has 1 amide bonds. The lowest BCUT2D eigenvalue weighted by atomic mass is 9.86. The summed E-state index contributed by atoms with van der Waals surface area (Å²) in [6, 6.07) is 2.63. The molecule has 0 radical (unpaired) electrons. The number of aryl methyl sites for hydroxylation is 1. The number of carbonyl (C=O) groups is 2. The number of benzene rings is 1. The van der Waals surface area contributed by atoms with Crippen LogP contribution in [-0.4, -0.2) is 35.0 Å². The molecule has 0 aliphatic carbocycles. The Morgan fingerprint density at radius 1 is 1.19 bits per heavy atom. The Morgan fingerprint density at radius 3 is 2.52 bits per heavy atom. The Labute approximate surface area is 184 Å². The Balaban J connectivity index is 1.99. The zero-order valence-corrected chi connectivity index (χ0v) is 19.1. The van der Waals surface area contributed by atoms with Gasteiger partial charge in [0.1, 0.15) is 17.2 Å². The average Bonchev–Trinajstić information content (AvgIpc) is 3.10. The molecule has 166 valence electrons. The lowest BCUT2D eigenvalue weighted by Gasteiger charge is -2.17. The largest absolute Gasteiger partial charge is 0.480 e. The van der Waals surface area contributed by atoms with Gasteiger partial charge >= 0.3 is 11.6 Å². The van der Waals surface area contributed by atoms with Crippen molar-refractivity contribution in [2.45, 2.75) is 52.0 Å². The van der Waals surface area contributed by atoms with E-state index in [-0.39, 0.29) is 17.4 Å². The minimum atomic E-state index is -1.10. The minimum absolute atomic E-state index is 0.131. The molecule has 0 saturated heterocycles. The first-order chi connectivity index (χ1) is 14.5. The maximum Gasteiger partial charge on any atom is 0.340 e. The summed E-state index contributed by atoms with van der Waals surface area (Å²) in [4.78, 5) is 36.5. The van der Waals surface area contributed by atoms with E-state index in [2.05, 4.69) is 26.1 Å². The van der Waals surface area contributed by atoms with Crippen molar-refractivity contribution in [2.24, 2.45) is 0 Å². The van der Waals surface area contributed by atoms with Gasteiger partial charge < -0.3 is 19.3 Å². The Bertz CT molecular complexity index is 1200. The van der Waals surface area contributed by atoms with Crippen LogP contribution in [0, 0.1) is 6.92 Å². The van der Waals surface area contributed by atoms with Gasteiger partial charge in [0.25, 0.3) is 0 Å². The molecule has 0 spiro atoms. The number of furan rings is 1.